The Morgan fingerprint density at radius 3 is 2.25 bits per heavy atom. The van der Waals surface area contributed by atoms with E-state index in [0.29, 0.717) is 22.7 Å². The van der Waals surface area contributed by atoms with Crippen molar-refractivity contribution in [3.05, 3.63) is 105 Å². The van der Waals surface area contributed by atoms with Crippen LogP contribution in [0.25, 0.3) is 0 Å². The number of nitro groups is 1. The van der Waals surface area contributed by atoms with Crippen LogP contribution < -0.4 is 5.32 Å². The quantitative estimate of drug-likeness (QED) is 0.233. The monoisotopic (exact) mass is 395 g/mol. The lowest BCUT2D eigenvalue weighted by Gasteiger charge is -2.21. The van der Waals surface area contributed by atoms with E-state index in [9.17, 15) is 15.3 Å². The molecule has 0 aliphatic heterocycles. The number of halogens is 1. The molecule has 142 valence electrons. The van der Waals surface area contributed by atoms with Gasteiger partial charge in [-0.15, -0.1) is 0 Å². The van der Waals surface area contributed by atoms with Crippen molar-refractivity contribution in [1.82, 2.24) is 0 Å². The number of rotatable bonds is 7. The zero-order valence-corrected chi connectivity index (χ0v) is 15.6. The number of hydrogen-bond acceptors (Lipinski definition) is 5. The summed E-state index contributed by atoms with van der Waals surface area (Å²) in [5.41, 5.74) is 2.91. The number of hydrogen-bond donors (Lipinski definition) is 2. The molecule has 2 N–H and O–H groups in total. The molecule has 0 saturated carbocycles. The third kappa shape index (κ3) is 4.86. The van der Waals surface area contributed by atoms with E-state index in [1.54, 1.807) is 24.3 Å². The van der Waals surface area contributed by atoms with Gasteiger partial charge in [0.25, 0.3) is 5.69 Å². The van der Waals surface area contributed by atoms with E-state index in [1.807, 2.05) is 42.5 Å². The molecule has 3 aromatic carbocycles. The molecule has 0 amide bonds. The largest absolute Gasteiger partial charge is 0.411 e. The average Bonchev–Trinajstić information content (AvgIpc) is 2.73. The predicted octanol–water partition coefficient (Wildman–Crippen LogP) is 5.67. The molecule has 7 heteroatoms. The third-order valence-electron chi connectivity index (χ3n) is 4.32. The highest BCUT2D eigenvalue weighted by Gasteiger charge is 2.17. The van der Waals surface area contributed by atoms with Crippen LogP contribution in [0, 0.1) is 10.1 Å². The summed E-state index contributed by atoms with van der Waals surface area (Å²) in [7, 11) is 0. The Hall–Kier alpha value is -3.38. The molecular formula is C21H18ClN3O3. The molecule has 0 bridgehead atoms. The number of oxime groups is 1. The van der Waals surface area contributed by atoms with Crippen LogP contribution >= 0.6 is 11.6 Å². The first-order valence-electron chi connectivity index (χ1n) is 8.59. The van der Waals surface area contributed by atoms with Crippen LogP contribution in [0.5, 0.6) is 0 Å². The van der Waals surface area contributed by atoms with Crippen molar-refractivity contribution in [2.45, 2.75) is 12.5 Å². The molecule has 3 aromatic rings. The fourth-order valence-electron chi connectivity index (χ4n) is 2.87. The maximum Gasteiger partial charge on any atom is 0.269 e. The third-order valence-corrected chi connectivity index (χ3v) is 4.57. The van der Waals surface area contributed by atoms with Gasteiger partial charge >= 0.3 is 0 Å². The number of benzene rings is 3. The summed E-state index contributed by atoms with van der Waals surface area (Å²) in [6, 6.07) is 22.9. The van der Waals surface area contributed by atoms with Gasteiger partial charge in [-0.1, -0.05) is 47.1 Å². The highest BCUT2D eigenvalue weighted by atomic mass is 35.5. The molecule has 0 aromatic heterocycles. The summed E-state index contributed by atoms with van der Waals surface area (Å²) in [4.78, 5) is 10.4. The Morgan fingerprint density at radius 1 is 1.04 bits per heavy atom. The van der Waals surface area contributed by atoms with Gasteiger partial charge in [0.2, 0.25) is 0 Å². The summed E-state index contributed by atoms with van der Waals surface area (Å²) in [6.07, 6.45) is 0.376. The summed E-state index contributed by atoms with van der Waals surface area (Å²) in [5, 5.41) is 27.9. The molecule has 0 heterocycles. The summed E-state index contributed by atoms with van der Waals surface area (Å²) in [5.74, 6) is 0. The second-order valence-electron chi connectivity index (χ2n) is 6.17. The van der Waals surface area contributed by atoms with Crippen molar-refractivity contribution in [2.75, 3.05) is 5.32 Å². The first-order chi connectivity index (χ1) is 13.6. The first kappa shape index (κ1) is 19.4. The SMILES string of the molecule is O=[N+]([O-])c1ccc(C(CC(Nc2ccc(Cl)cc2)c2ccccc2)=NO)cc1. The van der Waals surface area contributed by atoms with E-state index in [1.165, 1.54) is 12.1 Å². The zero-order valence-electron chi connectivity index (χ0n) is 14.8. The fraction of sp³-hybridized carbons (Fsp3) is 0.0952. The molecular weight excluding hydrogens is 378 g/mol. The van der Waals surface area contributed by atoms with Crippen LogP contribution in [0.15, 0.2) is 84.0 Å². The Kier molecular flexibility index (Phi) is 6.24. The van der Waals surface area contributed by atoms with Gasteiger partial charge < -0.3 is 10.5 Å². The molecule has 28 heavy (non-hydrogen) atoms. The standard InChI is InChI=1S/C21H18ClN3O3/c22-17-8-10-18(11-9-17)23-20(15-4-2-1-3-5-15)14-21(24-26)16-6-12-19(13-7-16)25(27)28/h1-13,20,23,26H,14H2. The van der Waals surface area contributed by atoms with Gasteiger partial charge in [-0.2, -0.15) is 0 Å². The Morgan fingerprint density at radius 2 is 1.68 bits per heavy atom. The molecule has 0 saturated heterocycles. The minimum atomic E-state index is -0.464. The van der Waals surface area contributed by atoms with E-state index >= 15 is 0 Å². The number of non-ortho nitro benzene ring substituents is 1. The van der Waals surface area contributed by atoms with Gasteiger partial charge in [0.05, 0.1) is 16.7 Å². The summed E-state index contributed by atoms with van der Waals surface area (Å²) >= 11 is 5.96. The van der Waals surface area contributed by atoms with Crippen LogP contribution in [0.4, 0.5) is 11.4 Å². The van der Waals surface area contributed by atoms with Gasteiger partial charge in [-0.25, -0.2) is 0 Å². The number of anilines is 1. The van der Waals surface area contributed by atoms with Crippen LogP contribution in [0.2, 0.25) is 5.02 Å². The summed E-state index contributed by atoms with van der Waals surface area (Å²) < 4.78 is 0. The molecule has 0 aliphatic rings. The van der Waals surface area contributed by atoms with Gasteiger partial charge in [-0.05, 0) is 47.5 Å². The van der Waals surface area contributed by atoms with Gasteiger partial charge in [-0.3, -0.25) is 10.1 Å². The lowest BCUT2D eigenvalue weighted by molar-refractivity contribution is -0.384. The normalized spacial score (nSPS) is 12.4. The maximum absolute atomic E-state index is 10.8. The van der Waals surface area contributed by atoms with E-state index in [4.69, 9.17) is 11.6 Å². The minimum absolute atomic E-state index is 0.0139. The number of nitrogens with one attached hydrogen (secondary N) is 1. The van der Waals surface area contributed by atoms with E-state index in [-0.39, 0.29) is 11.7 Å². The van der Waals surface area contributed by atoms with Gasteiger partial charge in [0.1, 0.15) is 0 Å². The molecule has 1 atom stereocenters. The predicted molar refractivity (Wildman–Crippen MR) is 110 cm³/mol. The summed E-state index contributed by atoms with van der Waals surface area (Å²) in [6.45, 7) is 0. The highest BCUT2D eigenvalue weighted by Crippen LogP contribution is 2.26. The molecule has 0 radical (unpaired) electrons. The van der Waals surface area contributed by atoms with Crippen molar-refractivity contribution < 1.29 is 10.1 Å². The highest BCUT2D eigenvalue weighted by molar-refractivity contribution is 6.30. The van der Waals surface area contributed by atoms with Crippen LogP contribution in [0.3, 0.4) is 0 Å². The van der Waals surface area contributed by atoms with Crippen LogP contribution in [0.1, 0.15) is 23.6 Å². The zero-order chi connectivity index (χ0) is 19.9. The van der Waals surface area contributed by atoms with Crippen molar-refractivity contribution in [1.29, 1.82) is 0 Å². The molecule has 3 rings (SSSR count). The molecule has 0 spiro atoms. The minimum Gasteiger partial charge on any atom is -0.411 e. The molecule has 1 unspecified atom stereocenters. The average molecular weight is 396 g/mol. The van der Waals surface area contributed by atoms with E-state index < -0.39 is 4.92 Å². The fourth-order valence-corrected chi connectivity index (χ4v) is 3.00. The molecule has 0 fully saturated rings. The Labute approximate surface area is 167 Å². The second-order valence-corrected chi connectivity index (χ2v) is 6.61. The lowest BCUT2D eigenvalue weighted by Crippen LogP contribution is -2.16. The maximum atomic E-state index is 10.8. The van der Waals surface area contributed by atoms with Crippen molar-refractivity contribution >= 4 is 28.7 Å². The number of nitrogens with zero attached hydrogens (tertiary/aromatic N) is 2. The first-order valence-corrected chi connectivity index (χ1v) is 8.97. The van der Waals surface area contributed by atoms with Crippen LogP contribution in [-0.4, -0.2) is 15.8 Å². The Balaban J connectivity index is 1.86. The topological polar surface area (TPSA) is 87.8 Å². The van der Waals surface area contributed by atoms with Crippen molar-refractivity contribution in [2.24, 2.45) is 5.16 Å². The van der Waals surface area contributed by atoms with E-state index in [0.717, 1.165) is 11.3 Å². The van der Waals surface area contributed by atoms with E-state index in [2.05, 4.69) is 10.5 Å². The smallest absolute Gasteiger partial charge is 0.269 e. The van der Waals surface area contributed by atoms with Crippen molar-refractivity contribution in [3.8, 4) is 0 Å². The molecule has 6 nitrogen and oxygen atoms in total. The van der Waals surface area contributed by atoms with Gasteiger partial charge in [0, 0.05) is 29.3 Å². The molecule has 0 aliphatic carbocycles. The van der Waals surface area contributed by atoms with Crippen LogP contribution in [-0.2, 0) is 0 Å². The number of nitro benzene ring substituents is 1. The van der Waals surface area contributed by atoms with Gasteiger partial charge in [0.15, 0.2) is 0 Å². The Bertz CT molecular complexity index is 958. The lowest BCUT2D eigenvalue weighted by atomic mass is 9.97. The van der Waals surface area contributed by atoms with Crippen molar-refractivity contribution in [3.63, 3.8) is 0 Å². The second kappa shape index (κ2) is 9.01.